The Morgan fingerprint density at radius 3 is 1.19 bits per heavy atom. The molecule has 0 saturated heterocycles. The number of furan rings is 1. The predicted octanol–water partition coefficient (Wildman–Crippen LogP) is 14.6. The first kappa shape index (κ1) is 35.2. The molecule has 0 bridgehead atoms. The first-order chi connectivity index (χ1) is 31.3. The summed E-state index contributed by atoms with van der Waals surface area (Å²) in [5.41, 5.74) is 12.9. The van der Waals surface area contributed by atoms with Gasteiger partial charge in [-0.1, -0.05) is 170 Å². The van der Waals surface area contributed by atoms with Gasteiger partial charge in [0.05, 0.1) is 33.4 Å². The van der Waals surface area contributed by atoms with E-state index < -0.39 is 0 Å². The monoisotopic (exact) mass is 805 g/mol. The lowest BCUT2D eigenvalue weighted by molar-refractivity contribution is 0.673. The number of aromatic nitrogens is 5. The van der Waals surface area contributed by atoms with Gasteiger partial charge in [0.1, 0.15) is 0 Å². The topological polar surface area (TPSA) is 61.7 Å². The molecule has 0 aliphatic heterocycles. The lowest BCUT2D eigenvalue weighted by Crippen LogP contribution is -2.03. The summed E-state index contributed by atoms with van der Waals surface area (Å²) in [6.45, 7) is 0. The molecule has 0 aliphatic carbocycles. The molecule has 13 aromatic rings. The van der Waals surface area contributed by atoms with Gasteiger partial charge in [-0.25, -0.2) is 15.0 Å². The molecule has 0 fully saturated rings. The van der Waals surface area contributed by atoms with Crippen LogP contribution in [0, 0.1) is 0 Å². The first-order valence-electron chi connectivity index (χ1n) is 21.2. The summed E-state index contributed by atoms with van der Waals surface area (Å²) >= 11 is 0. The molecule has 0 aliphatic rings. The molecule has 6 nitrogen and oxygen atoms in total. The predicted molar refractivity (Wildman–Crippen MR) is 258 cm³/mol. The fourth-order valence-corrected chi connectivity index (χ4v) is 9.61. The van der Waals surface area contributed by atoms with Crippen molar-refractivity contribution in [1.29, 1.82) is 0 Å². The summed E-state index contributed by atoms with van der Waals surface area (Å²) in [6.07, 6.45) is 0. The molecular formula is C57H35N5O. The first-order valence-corrected chi connectivity index (χ1v) is 21.2. The van der Waals surface area contributed by atoms with E-state index in [0.717, 1.165) is 99.4 Å². The Bertz CT molecular complexity index is 3850. The summed E-state index contributed by atoms with van der Waals surface area (Å²) in [7, 11) is 0. The van der Waals surface area contributed by atoms with Crippen LogP contribution in [0.2, 0.25) is 0 Å². The number of benzene rings is 9. The Morgan fingerprint density at radius 2 is 0.667 bits per heavy atom. The molecule has 0 unspecified atom stereocenters. The van der Waals surface area contributed by atoms with E-state index in [4.69, 9.17) is 19.4 Å². The number of hydrogen-bond acceptors (Lipinski definition) is 4. The van der Waals surface area contributed by atoms with Crippen LogP contribution in [0.1, 0.15) is 0 Å². The molecule has 4 heterocycles. The third kappa shape index (κ3) is 5.41. The average Bonchev–Trinajstić information content (AvgIpc) is 4.03. The minimum absolute atomic E-state index is 0.587. The highest BCUT2D eigenvalue weighted by Crippen LogP contribution is 2.46. The van der Waals surface area contributed by atoms with Crippen LogP contribution in [-0.2, 0) is 0 Å². The third-order valence-electron chi connectivity index (χ3n) is 12.4. The van der Waals surface area contributed by atoms with E-state index in [9.17, 15) is 0 Å². The van der Waals surface area contributed by atoms with Gasteiger partial charge in [-0.3, -0.25) is 0 Å². The van der Waals surface area contributed by atoms with Crippen LogP contribution in [0.3, 0.4) is 0 Å². The zero-order valence-corrected chi connectivity index (χ0v) is 33.9. The van der Waals surface area contributed by atoms with Crippen LogP contribution in [0.4, 0.5) is 0 Å². The van der Waals surface area contributed by atoms with E-state index in [2.05, 4.69) is 161 Å². The summed E-state index contributed by atoms with van der Waals surface area (Å²) in [5, 5.41) is 6.65. The molecule has 0 saturated carbocycles. The number of rotatable bonds is 6. The molecule has 0 atom stereocenters. The van der Waals surface area contributed by atoms with Crippen molar-refractivity contribution in [1.82, 2.24) is 24.1 Å². The quantitative estimate of drug-likeness (QED) is 0.168. The second-order valence-electron chi connectivity index (χ2n) is 15.9. The number of nitrogens with zero attached hydrogens (tertiary/aromatic N) is 5. The van der Waals surface area contributed by atoms with Gasteiger partial charge < -0.3 is 13.6 Å². The minimum Gasteiger partial charge on any atom is -0.452 e. The molecule has 0 spiro atoms. The van der Waals surface area contributed by atoms with E-state index >= 15 is 0 Å². The maximum Gasteiger partial charge on any atom is 0.166 e. The normalized spacial score (nSPS) is 11.8. The van der Waals surface area contributed by atoms with Crippen molar-refractivity contribution >= 4 is 65.6 Å². The Kier molecular flexibility index (Phi) is 7.80. The average molecular weight is 806 g/mol. The van der Waals surface area contributed by atoms with Crippen molar-refractivity contribution in [3.8, 4) is 56.7 Å². The van der Waals surface area contributed by atoms with Gasteiger partial charge in [0.15, 0.2) is 28.6 Å². The van der Waals surface area contributed by atoms with Gasteiger partial charge in [-0.2, -0.15) is 0 Å². The van der Waals surface area contributed by atoms with Crippen molar-refractivity contribution in [2.75, 3.05) is 0 Å². The summed E-state index contributed by atoms with van der Waals surface area (Å²) in [6, 6.07) is 74.2. The maximum atomic E-state index is 7.42. The largest absolute Gasteiger partial charge is 0.452 e. The molecule has 13 rings (SSSR count). The molecular weight excluding hydrogens is 771 g/mol. The molecule has 0 N–H and O–H groups in total. The second-order valence-corrected chi connectivity index (χ2v) is 15.9. The van der Waals surface area contributed by atoms with E-state index in [1.54, 1.807) is 0 Å². The Hall–Kier alpha value is -8.61. The van der Waals surface area contributed by atoms with Crippen molar-refractivity contribution in [3.63, 3.8) is 0 Å². The van der Waals surface area contributed by atoms with Gasteiger partial charge in [0, 0.05) is 54.6 Å². The molecule has 9 aromatic carbocycles. The SMILES string of the molecule is c1ccc(-c2nc(-c3ccccc3)nc(-c3ccccc3-n3c4ccccc4c4ccc5c6ccc7c8ccccc8n(-c8ccccc8-c8ccccc8)c7c6oc5c43)n2)cc1. The van der Waals surface area contributed by atoms with Crippen molar-refractivity contribution in [2.45, 2.75) is 0 Å². The molecule has 63 heavy (non-hydrogen) atoms. The highest BCUT2D eigenvalue weighted by molar-refractivity contribution is 6.26. The number of hydrogen-bond donors (Lipinski definition) is 0. The van der Waals surface area contributed by atoms with E-state index in [1.165, 1.54) is 5.39 Å². The van der Waals surface area contributed by atoms with Crippen LogP contribution in [0.25, 0.3) is 122 Å². The van der Waals surface area contributed by atoms with Gasteiger partial charge in [0.25, 0.3) is 0 Å². The Morgan fingerprint density at radius 1 is 0.286 bits per heavy atom. The number of fused-ring (bicyclic) bond motifs is 11. The highest BCUT2D eigenvalue weighted by Gasteiger charge is 2.25. The number of para-hydroxylation sites is 4. The summed E-state index contributed by atoms with van der Waals surface area (Å²) < 4.78 is 12.2. The summed E-state index contributed by atoms with van der Waals surface area (Å²) in [5.74, 6) is 1.82. The van der Waals surface area contributed by atoms with Gasteiger partial charge in [-0.15, -0.1) is 0 Å². The van der Waals surface area contributed by atoms with Crippen molar-refractivity contribution in [3.05, 3.63) is 212 Å². The lowest BCUT2D eigenvalue weighted by Gasteiger charge is -2.14. The van der Waals surface area contributed by atoms with Crippen LogP contribution in [0.15, 0.2) is 217 Å². The third-order valence-corrected chi connectivity index (χ3v) is 12.4. The fraction of sp³-hybridized carbons (Fsp3) is 0. The Labute approximate surface area is 361 Å². The minimum atomic E-state index is 0.587. The van der Waals surface area contributed by atoms with Crippen LogP contribution in [-0.4, -0.2) is 24.1 Å². The highest BCUT2D eigenvalue weighted by atomic mass is 16.3. The molecule has 0 radical (unpaired) electrons. The molecule has 4 aromatic heterocycles. The van der Waals surface area contributed by atoms with Crippen molar-refractivity contribution < 1.29 is 4.42 Å². The lowest BCUT2D eigenvalue weighted by atomic mass is 10.0. The molecule has 6 heteroatoms. The Balaban J connectivity index is 1.12. The van der Waals surface area contributed by atoms with Crippen LogP contribution >= 0.6 is 0 Å². The van der Waals surface area contributed by atoms with Gasteiger partial charge in [-0.05, 0) is 48.0 Å². The zero-order chi connectivity index (χ0) is 41.4. The van der Waals surface area contributed by atoms with Crippen molar-refractivity contribution in [2.24, 2.45) is 0 Å². The van der Waals surface area contributed by atoms with Crippen LogP contribution < -0.4 is 0 Å². The second kappa shape index (κ2) is 14.0. The van der Waals surface area contributed by atoms with Crippen LogP contribution in [0.5, 0.6) is 0 Å². The van der Waals surface area contributed by atoms with Gasteiger partial charge in [0.2, 0.25) is 0 Å². The molecule has 0 amide bonds. The fourth-order valence-electron chi connectivity index (χ4n) is 9.61. The molecule has 294 valence electrons. The maximum absolute atomic E-state index is 7.42. The summed E-state index contributed by atoms with van der Waals surface area (Å²) in [4.78, 5) is 15.4. The standard InChI is InChI=1S/C57H35N5O/c1-4-18-36(19-5-1)39-24-10-14-28-47(39)61-48-29-15-11-25-40(48)42-32-34-44-45-35-33-43-41-26-12-16-30-49(41)62(52(43)54(45)63-53(44)51(42)61)50-31-17-13-27-46(50)57-59-55(37-20-6-2-7-21-37)58-56(60-57)38-22-8-3-9-23-38/h1-35H. The zero-order valence-electron chi connectivity index (χ0n) is 33.9. The smallest absolute Gasteiger partial charge is 0.166 e. The van der Waals surface area contributed by atoms with Gasteiger partial charge >= 0.3 is 0 Å². The van der Waals surface area contributed by atoms with E-state index in [0.29, 0.717) is 17.5 Å². The van der Waals surface area contributed by atoms with E-state index in [-0.39, 0.29) is 0 Å². The van der Waals surface area contributed by atoms with E-state index in [1.807, 2.05) is 60.7 Å².